The molecule has 0 heterocycles. The maximum absolute atomic E-state index is 11.8. The summed E-state index contributed by atoms with van der Waals surface area (Å²) >= 11 is 3.26. The first kappa shape index (κ1) is 13.5. The second kappa shape index (κ2) is 5.67. The van der Waals surface area contributed by atoms with Crippen molar-refractivity contribution < 1.29 is 14.3 Å². The summed E-state index contributed by atoms with van der Waals surface area (Å²) in [4.78, 5) is 22.6. The van der Waals surface area contributed by atoms with Gasteiger partial charge in [-0.2, -0.15) is 0 Å². The standard InChI is InChI=1S/C11H13BrN2O3/c1-6(10(13)15)14-11(16)8-4-3-7(17-2)5-9(8)12/h3-6H,1-2H3,(H2,13,15)(H,14,16)/t6-/m0/s1. The van der Waals surface area contributed by atoms with Crippen molar-refractivity contribution in [3.8, 4) is 5.75 Å². The van der Waals surface area contributed by atoms with Gasteiger partial charge in [-0.15, -0.1) is 0 Å². The molecule has 0 aromatic heterocycles. The number of benzene rings is 1. The number of methoxy groups -OCH3 is 1. The molecule has 0 fully saturated rings. The van der Waals surface area contributed by atoms with Gasteiger partial charge in [-0.1, -0.05) is 0 Å². The molecule has 1 aromatic rings. The molecule has 92 valence electrons. The highest BCUT2D eigenvalue weighted by Gasteiger charge is 2.16. The highest BCUT2D eigenvalue weighted by molar-refractivity contribution is 9.10. The van der Waals surface area contributed by atoms with Crippen molar-refractivity contribution in [3.63, 3.8) is 0 Å². The predicted molar refractivity (Wildman–Crippen MR) is 66.8 cm³/mol. The molecule has 0 saturated carbocycles. The number of ether oxygens (including phenoxy) is 1. The van der Waals surface area contributed by atoms with E-state index in [1.807, 2.05) is 0 Å². The first-order valence-electron chi connectivity index (χ1n) is 4.89. The Bertz CT molecular complexity index is 448. The van der Waals surface area contributed by atoms with E-state index < -0.39 is 11.9 Å². The van der Waals surface area contributed by atoms with Crippen molar-refractivity contribution in [2.24, 2.45) is 5.73 Å². The molecule has 0 saturated heterocycles. The molecule has 0 aliphatic heterocycles. The van der Waals surface area contributed by atoms with E-state index in [0.29, 0.717) is 15.8 Å². The second-order valence-electron chi connectivity index (χ2n) is 3.44. The van der Waals surface area contributed by atoms with Gasteiger partial charge in [-0.3, -0.25) is 9.59 Å². The Morgan fingerprint density at radius 1 is 1.47 bits per heavy atom. The topological polar surface area (TPSA) is 81.4 Å². The van der Waals surface area contributed by atoms with E-state index in [1.54, 1.807) is 18.2 Å². The Morgan fingerprint density at radius 2 is 2.12 bits per heavy atom. The fraction of sp³-hybridized carbons (Fsp3) is 0.273. The summed E-state index contributed by atoms with van der Waals surface area (Å²) in [6.07, 6.45) is 0. The molecule has 5 nitrogen and oxygen atoms in total. The number of halogens is 1. The minimum atomic E-state index is -0.712. The molecule has 17 heavy (non-hydrogen) atoms. The van der Waals surface area contributed by atoms with Crippen molar-refractivity contribution in [1.82, 2.24) is 5.32 Å². The largest absolute Gasteiger partial charge is 0.497 e. The highest BCUT2D eigenvalue weighted by Crippen LogP contribution is 2.22. The molecule has 1 atom stereocenters. The third-order valence-corrected chi connectivity index (χ3v) is 2.85. The number of carbonyl (C=O) groups is 2. The molecule has 0 aliphatic carbocycles. The van der Waals surface area contributed by atoms with E-state index in [4.69, 9.17) is 10.5 Å². The number of amides is 2. The van der Waals surface area contributed by atoms with Crippen LogP contribution < -0.4 is 15.8 Å². The maximum Gasteiger partial charge on any atom is 0.253 e. The van der Waals surface area contributed by atoms with Crippen LogP contribution in [0.1, 0.15) is 17.3 Å². The molecular formula is C11H13BrN2O3. The Kier molecular flexibility index (Phi) is 4.51. The minimum Gasteiger partial charge on any atom is -0.497 e. The molecule has 0 spiro atoms. The van der Waals surface area contributed by atoms with Crippen LogP contribution in [-0.2, 0) is 4.79 Å². The normalized spacial score (nSPS) is 11.7. The van der Waals surface area contributed by atoms with Crippen molar-refractivity contribution in [2.75, 3.05) is 7.11 Å². The molecule has 1 aromatic carbocycles. The summed E-state index contributed by atoms with van der Waals surface area (Å²) in [5, 5.41) is 2.49. The lowest BCUT2D eigenvalue weighted by Crippen LogP contribution is -2.42. The Balaban J connectivity index is 2.86. The summed E-state index contributed by atoms with van der Waals surface area (Å²) in [5.41, 5.74) is 5.48. The molecule has 1 rings (SSSR count). The fourth-order valence-corrected chi connectivity index (χ4v) is 1.69. The SMILES string of the molecule is COc1ccc(C(=O)N[C@@H](C)C(N)=O)c(Br)c1. The molecule has 6 heteroatoms. The van der Waals surface area contributed by atoms with Crippen molar-refractivity contribution in [1.29, 1.82) is 0 Å². The average molecular weight is 301 g/mol. The maximum atomic E-state index is 11.8. The van der Waals surface area contributed by atoms with Gasteiger partial charge in [0.05, 0.1) is 12.7 Å². The van der Waals surface area contributed by atoms with Gasteiger partial charge in [0, 0.05) is 4.47 Å². The van der Waals surface area contributed by atoms with Gasteiger partial charge in [0.2, 0.25) is 5.91 Å². The zero-order valence-corrected chi connectivity index (χ0v) is 11.1. The Morgan fingerprint density at radius 3 is 2.59 bits per heavy atom. The molecular weight excluding hydrogens is 288 g/mol. The predicted octanol–water partition coefficient (Wildman–Crippen LogP) is 1.06. The van der Waals surface area contributed by atoms with E-state index in [1.165, 1.54) is 14.0 Å². The molecule has 0 bridgehead atoms. The summed E-state index contributed by atoms with van der Waals surface area (Å²) in [6, 6.07) is 4.22. The lowest BCUT2D eigenvalue weighted by molar-refractivity contribution is -0.119. The third-order valence-electron chi connectivity index (χ3n) is 2.20. The van der Waals surface area contributed by atoms with Crippen LogP contribution >= 0.6 is 15.9 Å². The number of primary amides is 1. The Hall–Kier alpha value is -1.56. The number of rotatable bonds is 4. The van der Waals surface area contributed by atoms with Gasteiger partial charge >= 0.3 is 0 Å². The van der Waals surface area contributed by atoms with Crippen LogP contribution in [0.25, 0.3) is 0 Å². The number of nitrogens with two attached hydrogens (primary N) is 1. The summed E-state index contributed by atoms with van der Waals surface area (Å²) in [5.74, 6) is -0.315. The van der Waals surface area contributed by atoms with Crippen LogP contribution in [0.3, 0.4) is 0 Å². The van der Waals surface area contributed by atoms with Crippen molar-refractivity contribution in [2.45, 2.75) is 13.0 Å². The van der Waals surface area contributed by atoms with E-state index in [0.717, 1.165) is 0 Å². The summed E-state index contributed by atoms with van der Waals surface area (Å²) in [7, 11) is 1.54. The van der Waals surface area contributed by atoms with E-state index >= 15 is 0 Å². The monoisotopic (exact) mass is 300 g/mol. The van der Waals surface area contributed by atoms with E-state index in [9.17, 15) is 9.59 Å². The van der Waals surface area contributed by atoms with Gasteiger partial charge in [0.1, 0.15) is 11.8 Å². The number of hydrogen-bond acceptors (Lipinski definition) is 3. The molecule has 0 radical (unpaired) electrons. The van der Waals surface area contributed by atoms with Crippen LogP contribution in [0, 0.1) is 0 Å². The Labute approximate surface area is 107 Å². The highest BCUT2D eigenvalue weighted by atomic mass is 79.9. The quantitative estimate of drug-likeness (QED) is 0.872. The second-order valence-corrected chi connectivity index (χ2v) is 4.30. The van der Waals surface area contributed by atoms with Crippen LogP contribution in [0.15, 0.2) is 22.7 Å². The first-order chi connectivity index (χ1) is 7.95. The zero-order valence-electron chi connectivity index (χ0n) is 9.49. The fourth-order valence-electron chi connectivity index (χ4n) is 1.15. The molecule has 3 N–H and O–H groups in total. The number of nitrogens with one attached hydrogen (secondary N) is 1. The third kappa shape index (κ3) is 3.45. The number of hydrogen-bond donors (Lipinski definition) is 2. The zero-order chi connectivity index (χ0) is 13.0. The average Bonchev–Trinajstić information content (AvgIpc) is 2.28. The lowest BCUT2D eigenvalue weighted by atomic mass is 10.2. The number of carbonyl (C=O) groups excluding carboxylic acids is 2. The molecule has 0 aliphatic rings. The smallest absolute Gasteiger partial charge is 0.253 e. The minimum absolute atomic E-state index is 0.370. The lowest BCUT2D eigenvalue weighted by Gasteiger charge is -2.11. The van der Waals surface area contributed by atoms with Gasteiger partial charge in [0.15, 0.2) is 0 Å². The van der Waals surface area contributed by atoms with Gasteiger partial charge in [-0.25, -0.2) is 0 Å². The van der Waals surface area contributed by atoms with Gasteiger partial charge in [0.25, 0.3) is 5.91 Å². The van der Waals surface area contributed by atoms with E-state index in [2.05, 4.69) is 21.2 Å². The van der Waals surface area contributed by atoms with Gasteiger partial charge < -0.3 is 15.8 Å². The van der Waals surface area contributed by atoms with E-state index in [-0.39, 0.29) is 5.91 Å². The van der Waals surface area contributed by atoms with Crippen molar-refractivity contribution >= 4 is 27.7 Å². The first-order valence-corrected chi connectivity index (χ1v) is 5.68. The summed E-state index contributed by atoms with van der Waals surface area (Å²) < 4.78 is 5.60. The van der Waals surface area contributed by atoms with Crippen LogP contribution in [0.5, 0.6) is 5.75 Å². The van der Waals surface area contributed by atoms with Gasteiger partial charge in [-0.05, 0) is 41.1 Å². The summed E-state index contributed by atoms with van der Waals surface area (Å²) in [6.45, 7) is 1.53. The van der Waals surface area contributed by atoms with Crippen LogP contribution in [-0.4, -0.2) is 25.0 Å². The molecule has 2 amide bonds. The van der Waals surface area contributed by atoms with Crippen LogP contribution in [0.4, 0.5) is 0 Å². The molecule has 0 unspecified atom stereocenters. The van der Waals surface area contributed by atoms with Crippen LogP contribution in [0.2, 0.25) is 0 Å². The van der Waals surface area contributed by atoms with Crippen molar-refractivity contribution in [3.05, 3.63) is 28.2 Å².